The maximum Gasteiger partial charge on any atom is 0.319 e. The van der Waals surface area contributed by atoms with Crippen LogP contribution >= 0.6 is 23.2 Å². The molecule has 1 heterocycles. The van der Waals surface area contributed by atoms with Gasteiger partial charge in [0.15, 0.2) is 0 Å². The van der Waals surface area contributed by atoms with E-state index in [-0.39, 0.29) is 11.9 Å². The highest BCUT2D eigenvalue weighted by atomic mass is 35.5. The molecule has 7 heteroatoms. The molecular formula is C19H17Cl2N3O2. The topological polar surface area (TPSA) is 70.2 Å². The molecule has 5 nitrogen and oxygen atoms in total. The van der Waals surface area contributed by atoms with Crippen molar-refractivity contribution >= 4 is 40.8 Å². The summed E-state index contributed by atoms with van der Waals surface area (Å²) in [6.45, 7) is 3.58. The summed E-state index contributed by atoms with van der Waals surface area (Å²) in [6.07, 6.45) is 0. The predicted molar refractivity (Wildman–Crippen MR) is 103 cm³/mol. The van der Waals surface area contributed by atoms with E-state index in [2.05, 4.69) is 16.0 Å². The molecule has 0 aromatic heterocycles. The van der Waals surface area contributed by atoms with Gasteiger partial charge in [0, 0.05) is 21.4 Å². The molecule has 0 aliphatic carbocycles. The molecule has 0 saturated carbocycles. The van der Waals surface area contributed by atoms with Gasteiger partial charge in [0.1, 0.15) is 0 Å². The summed E-state index contributed by atoms with van der Waals surface area (Å²) in [6, 6.07) is 11.4. The number of amides is 3. The van der Waals surface area contributed by atoms with Crippen LogP contribution in [0.15, 0.2) is 53.7 Å². The summed E-state index contributed by atoms with van der Waals surface area (Å²) in [5.41, 5.74) is 3.17. The van der Waals surface area contributed by atoms with Crippen molar-refractivity contribution in [2.45, 2.75) is 19.9 Å². The van der Waals surface area contributed by atoms with Crippen LogP contribution in [0.4, 0.5) is 10.5 Å². The molecule has 1 atom stereocenters. The van der Waals surface area contributed by atoms with E-state index in [1.165, 1.54) is 0 Å². The normalized spacial score (nSPS) is 16.8. The Hall–Kier alpha value is -2.50. The molecule has 0 fully saturated rings. The molecule has 3 rings (SSSR count). The highest BCUT2D eigenvalue weighted by molar-refractivity contribution is 6.31. The summed E-state index contributed by atoms with van der Waals surface area (Å²) in [7, 11) is 0. The lowest BCUT2D eigenvalue weighted by Crippen LogP contribution is -2.45. The number of hydrogen-bond acceptors (Lipinski definition) is 2. The van der Waals surface area contributed by atoms with Gasteiger partial charge >= 0.3 is 6.03 Å². The maximum atomic E-state index is 12.9. The van der Waals surface area contributed by atoms with E-state index in [1.807, 2.05) is 13.0 Å². The Morgan fingerprint density at radius 2 is 1.77 bits per heavy atom. The van der Waals surface area contributed by atoms with E-state index < -0.39 is 6.04 Å². The van der Waals surface area contributed by atoms with Crippen LogP contribution in [0.3, 0.4) is 0 Å². The quantitative estimate of drug-likeness (QED) is 0.719. The smallest absolute Gasteiger partial charge is 0.319 e. The lowest BCUT2D eigenvalue weighted by Gasteiger charge is -2.28. The van der Waals surface area contributed by atoms with Gasteiger partial charge in [-0.05, 0) is 49.2 Å². The van der Waals surface area contributed by atoms with Gasteiger partial charge in [-0.25, -0.2) is 4.79 Å². The number of anilines is 1. The fourth-order valence-corrected chi connectivity index (χ4v) is 3.08. The summed E-state index contributed by atoms with van der Waals surface area (Å²) in [5.74, 6) is -0.324. The number of benzene rings is 2. The molecule has 26 heavy (non-hydrogen) atoms. The molecule has 0 bridgehead atoms. The van der Waals surface area contributed by atoms with Gasteiger partial charge < -0.3 is 16.0 Å². The van der Waals surface area contributed by atoms with Gasteiger partial charge in [0.2, 0.25) is 0 Å². The highest BCUT2D eigenvalue weighted by Gasteiger charge is 2.31. The Bertz CT molecular complexity index is 908. The lowest BCUT2D eigenvalue weighted by molar-refractivity contribution is -0.113. The second-order valence-corrected chi connectivity index (χ2v) is 6.88. The van der Waals surface area contributed by atoms with Crippen molar-refractivity contribution in [3.63, 3.8) is 0 Å². The number of hydrogen-bond donors (Lipinski definition) is 3. The average molecular weight is 390 g/mol. The van der Waals surface area contributed by atoms with E-state index in [4.69, 9.17) is 23.2 Å². The molecular weight excluding hydrogens is 373 g/mol. The van der Waals surface area contributed by atoms with Gasteiger partial charge in [0.25, 0.3) is 5.91 Å². The van der Waals surface area contributed by atoms with Crippen LogP contribution in [0.2, 0.25) is 10.0 Å². The third-order valence-electron chi connectivity index (χ3n) is 4.15. The van der Waals surface area contributed by atoms with Crippen LogP contribution < -0.4 is 16.0 Å². The van der Waals surface area contributed by atoms with Gasteiger partial charge in [0.05, 0.1) is 11.6 Å². The number of urea groups is 1. The van der Waals surface area contributed by atoms with Crippen molar-refractivity contribution in [2.24, 2.45) is 0 Å². The first kappa shape index (κ1) is 18.3. The fraction of sp³-hybridized carbons (Fsp3) is 0.158. The van der Waals surface area contributed by atoms with Crippen molar-refractivity contribution in [1.82, 2.24) is 10.6 Å². The van der Waals surface area contributed by atoms with Crippen LogP contribution in [0.5, 0.6) is 0 Å². The van der Waals surface area contributed by atoms with Crippen molar-refractivity contribution in [2.75, 3.05) is 5.32 Å². The molecule has 134 valence electrons. The summed E-state index contributed by atoms with van der Waals surface area (Å²) < 4.78 is 0. The van der Waals surface area contributed by atoms with E-state index >= 15 is 0 Å². The van der Waals surface area contributed by atoms with Crippen molar-refractivity contribution < 1.29 is 9.59 Å². The van der Waals surface area contributed by atoms with Crippen LogP contribution in [-0.4, -0.2) is 11.9 Å². The first-order valence-electron chi connectivity index (χ1n) is 7.96. The van der Waals surface area contributed by atoms with E-state index in [0.717, 1.165) is 11.1 Å². The maximum absolute atomic E-state index is 12.9. The highest BCUT2D eigenvalue weighted by Crippen LogP contribution is 2.29. The van der Waals surface area contributed by atoms with Gasteiger partial charge in [-0.1, -0.05) is 41.4 Å². The number of allylic oxidation sites excluding steroid dienone is 1. The lowest BCUT2D eigenvalue weighted by atomic mass is 9.95. The zero-order valence-corrected chi connectivity index (χ0v) is 15.7. The second kappa shape index (κ2) is 7.40. The molecule has 2 aromatic rings. The zero-order chi connectivity index (χ0) is 18.8. The fourth-order valence-electron chi connectivity index (χ4n) is 2.77. The molecule has 0 unspecified atom stereocenters. The van der Waals surface area contributed by atoms with Crippen LogP contribution in [0.25, 0.3) is 0 Å². The van der Waals surface area contributed by atoms with Crippen LogP contribution in [0, 0.1) is 6.92 Å². The van der Waals surface area contributed by atoms with E-state index in [0.29, 0.717) is 27.0 Å². The Kier molecular flexibility index (Phi) is 5.20. The second-order valence-electron chi connectivity index (χ2n) is 6.04. The first-order valence-corrected chi connectivity index (χ1v) is 8.72. The predicted octanol–water partition coefficient (Wildman–Crippen LogP) is 4.57. The average Bonchev–Trinajstić information content (AvgIpc) is 2.58. The standard InChI is InChI=1S/C19H17Cl2N3O2/c1-10-3-8-14(9-15(10)21)23-18(25)16-11(2)22-19(26)24-17(16)12-4-6-13(20)7-5-12/h3-9,17H,1-2H3,(H,23,25)(H2,22,24,26)/t17-/m0/s1. The molecule has 0 saturated heterocycles. The number of carbonyl (C=O) groups is 2. The van der Waals surface area contributed by atoms with Gasteiger partial charge in [-0.2, -0.15) is 0 Å². The zero-order valence-electron chi connectivity index (χ0n) is 14.2. The third kappa shape index (κ3) is 3.84. The number of rotatable bonds is 3. The summed E-state index contributed by atoms with van der Waals surface area (Å²) >= 11 is 12.1. The van der Waals surface area contributed by atoms with Crippen LogP contribution in [-0.2, 0) is 4.79 Å². The van der Waals surface area contributed by atoms with Crippen molar-refractivity contribution in [1.29, 1.82) is 0 Å². The monoisotopic (exact) mass is 389 g/mol. The molecule has 3 amide bonds. The SMILES string of the molecule is CC1=C(C(=O)Nc2ccc(C)c(Cl)c2)[C@H](c2ccc(Cl)cc2)NC(=O)N1. The summed E-state index contributed by atoms with van der Waals surface area (Å²) in [5, 5.41) is 9.41. The van der Waals surface area contributed by atoms with Crippen LogP contribution in [0.1, 0.15) is 24.1 Å². The Labute approximate surface area is 161 Å². The third-order valence-corrected chi connectivity index (χ3v) is 4.81. The minimum atomic E-state index is -0.582. The van der Waals surface area contributed by atoms with E-state index in [9.17, 15) is 9.59 Å². The van der Waals surface area contributed by atoms with E-state index in [1.54, 1.807) is 43.3 Å². The molecule has 3 N–H and O–H groups in total. The number of nitrogens with one attached hydrogen (secondary N) is 3. The first-order chi connectivity index (χ1) is 12.3. The minimum absolute atomic E-state index is 0.324. The summed E-state index contributed by atoms with van der Waals surface area (Å²) in [4.78, 5) is 24.8. The minimum Gasteiger partial charge on any atom is -0.327 e. The Morgan fingerprint density at radius 3 is 2.42 bits per heavy atom. The molecule has 1 aliphatic rings. The molecule has 0 spiro atoms. The number of halogens is 2. The molecule has 1 aliphatic heterocycles. The number of carbonyl (C=O) groups excluding carboxylic acids is 2. The molecule has 0 radical (unpaired) electrons. The largest absolute Gasteiger partial charge is 0.327 e. The Balaban J connectivity index is 1.93. The number of aryl methyl sites for hydroxylation is 1. The van der Waals surface area contributed by atoms with Gasteiger partial charge in [-0.15, -0.1) is 0 Å². The van der Waals surface area contributed by atoms with Gasteiger partial charge in [-0.3, -0.25) is 4.79 Å². The van der Waals surface area contributed by atoms with Crippen molar-refractivity contribution in [3.8, 4) is 0 Å². The molecule has 2 aromatic carbocycles. The van der Waals surface area contributed by atoms with Crippen molar-refractivity contribution in [3.05, 3.63) is 74.9 Å². The Morgan fingerprint density at radius 1 is 1.08 bits per heavy atom.